The van der Waals surface area contributed by atoms with E-state index in [2.05, 4.69) is 27.4 Å². The number of allylic oxidation sites excluding steroid dienone is 2. The first kappa shape index (κ1) is 26.6. The van der Waals surface area contributed by atoms with Crippen LogP contribution in [0.1, 0.15) is 36.6 Å². The lowest BCUT2D eigenvalue weighted by Gasteiger charge is -2.30. The molecule has 3 heterocycles. The number of nitrogens with zero attached hydrogens (tertiary/aromatic N) is 3. The average Bonchev–Trinajstić information content (AvgIpc) is 3.48. The van der Waals surface area contributed by atoms with E-state index in [0.717, 1.165) is 28.4 Å². The van der Waals surface area contributed by atoms with Gasteiger partial charge in [0, 0.05) is 41.9 Å². The summed E-state index contributed by atoms with van der Waals surface area (Å²) in [4.78, 5) is 35.2. The number of fused-ring (bicyclic) bond motifs is 1. The summed E-state index contributed by atoms with van der Waals surface area (Å²) in [7, 11) is 1.33. The number of esters is 2. The molecule has 0 fully saturated rings. The second-order valence-corrected chi connectivity index (χ2v) is 9.52. The number of hydrogen-bond donors (Lipinski definition) is 1. The van der Waals surface area contributed by atoms with Crippen molar-refractivity contribution < 1.29 is 19.1 Å². The van der Waals surface area contributed by atoms with Crippen molar-refractivity contribution in [2.75, 3.05) is 13.7 Å². The number of pyridine rings is 1. The van der Waals surface area contributed by atoms with Crippen LogP contribution in [0.3, 0.4) is 0 Å². The fourth-order valence-electron chi connectivity index (χ4n) is 5.00. The van der Waals surface area contributed by atoms with E-state index in [1.165, 1.54) is 7.11 Å². The Morgan fingerprint density at radius 3 is 2.45 bits per heavy atom. The van der Waals surface area contributed by atoms with Crippen molar-refractivity contribution in [1.82, 2.24) is 19.9 Å². The maximum atomic E-state index is 13.5. The van der Waals surface area contributed by atoms with Gasteiger partial charge in [0.15, 0.2) is 0 Å². The first-order valence-corrected chi connectivity index (χ1v) is 12.9. The van der Waals surface area contributed by atoms with Crippen molar-refractivity contribution in [1.29, 1.82) is 0 Å². The van der Waals surface area contributed by atoms with E-state index in [-0.39, 0.29) is 6.61 Å². The van der Waals surface area contributed by atoms with E-state index in [1.54, 1.807) is 38.6 Å². The highest BCUT2D eigenvalue weighted by molar-refractivity contribution is 6.01. The molecule has 2 aromatic heterocycles. The summed E-state index contributed by atoms with van der Waals surface area (Å²) in [6.45, 7) is 4.41. The van der Waals surface area contributed by atoms with Crippen LogP contribution < -0.4 is 5.32 Å². The van der Waals surface area contributed by atoms with Crippen LogP contribution in [0.25, 0.3) is 16.8 Å². The van der Waals surface area contributed by atoms with Crippen molar-refractivity contribution in [3.63, 3.8) is 0 Å². The average molecular weight is 535 g/mol. The highest BCUT2D eigenvalue weighted by atomic mass is 16.5. The largest absolute Gasteiger partial charge is 0.466 e. The van der Waals surface area contributed by atoms with E-state index in [0.29, 0.717) is 28.2 Å². The Kier molecular flexibility index (Phi) is 7.87. The third kappa shape index (κ3) is 5.56. The second-order valence-electron chi connectivity index (χ2n) is 9.52. The molecule has 1 N–H and O–H groups in total. The minimum atomic E-state index is -0.751. The molecule has 0 saturated carbocycles. The zero-order chi connectivity index (χ0) is 28.1. The number of benzene rings is 2. The molecule has 0 bridgehead atoms. The molecule has 1 aliphatic rings. The molecule has 0 amide bonds. The van der Waals surface area contributed by atoms with E-state index >= 15 is 0 Å². The standard InChI is InChI=1S/C32H30N4O4/c1-21-27(31(37)39-3)29(30-26-9-5-4-8-25(26)14-15-34-30)28(22(2)35-21)32(38)40-18-6-7-23-10-12-24(13-11-23)19-36-17-16-33-20-36/h4-17,20,29,35H,18-19H2,1-3H3. The van der Waals surface area contributed by atoms with Crippen molar-refractivity contribution in [3.8, 4) is 0 Å². The van der Waals surface area contributed by atoms with E-state index < -0.39 is 17.9 Å². The molecule has 1 aliphatic heterocycles. The van der Waals surface area contributed by atoms with Crippen LogP contribution in [0.2, 0.25) is 0 Å². The topological polar surface area (TPSA) is 95.3 Å². The Bertz CT molecular complexity index is 1630. The highest BCUT2D eigenvalue weighted by Gasteiger charge is 2.39. The molecular formula is C32H30N4O4. The van der Waals surface area contributed by atoms with Crippen molar-refractivity contribution >= 4 is 28.8 Å². The number of dihydropyridines is 1. The van der Waals surface area contributed by atoms with Crippen LogP contribution in [-0.4, -0.2) is 40.2 Å². The van der Waals surface area contributed by atoms with Gasteiger partial charge in [0.1, 0.15) is 6.61 Å². The number of aromatic nitrogens is 3. The van der Waals surface area contributed by atoms with Crippen LogP contribution in [0.5, 0.6) is 0 Å². The number of carbonyl (C=O) groups excluding carboxylic acids is 2. The van der Waals surface area contributed by atoms with Crippen molar-refractivity contribution in [3.05, 3.63) is 125 Å². The SMILES string of the molecule is COC(=O)C1=C(C)NC(C)=C(C(=O)OCC=Cc2ccc(Cn3ccnc3)cc2)C1c1nccc2ccccc12. The Hall–Kier alpha value is -4.98. The van der Waals surface area contributed by atoms with Gasteiger partial charge in [-0.3, -0.25) is 4.98 Å². The van der Waals surface area contributed by atoms with Crippen molar-refractivity contribution in [2.24, 2.45) is 0 Å². The number of nitrogens with one attached hydrogen (secondary N) is 1. The molecule has 8 heteroatoms. The van der Waals surface area contributed by atoms with E-state index in [1.807, 2.05) is 59.3 Å². The quantitative estimate of drug-likeness (QED) is 0.313. The fourth-order valence-corrected chi connectivity index (χ4v) is 5.00. The summed E-state index contributed by atoms with van der Waals surface area (Å²) >= 11 is 0. The lowest BCUT2D eigenvalue weighted by atomic mass is 9.81. The monoisotopic (exact) mass is 534 g/mol. The molecule has 2 aromatic carbocycles. The smallest absolute Gasteiger partial charge is 0.337 e. The molecule has 1 unspecified atom stereocenters. The van der Waals surface area contributed by atoms with Gasteiger partial charge in [0.05, 0.1) is 36.2 Å². The van der Waals surface area contributed by atoms with Gasteiger partial charge in [-0.25, -0.2) is 14.6 Å². The Balaban J connectivity index is 1.36. The van der Waals surface area contributed by atoms with Gasteiger partial charge in [-0.15, -0.1) is 0 Å². The van der Waals surface area contributed by atoms with E-state index in [4.69, 9.17) is 9.47 Å². The molecule has 0 spiro atoms. The third-order valence-corrected chi connectivity index (χ3v) is 6.89. The Morgan fingerprint density at radius 1 is 0.975 bits per heavy atom. The van der Waals surface area contributed by atoms with Gasteiger partial charge >= 0.3 is 11.9 Å². The lowest BCUT2D eigenvalue weighted by Crippen LogP contribution is -2.32. The minimum absolute atomic E-state index is 0.0678. The first-order chi connectivity index (χ1) is 19.5. The van der Waals surface area contributed by atoms with Gasteiger partial charge < -0.3 is 19.4 Å². The first-order valence-electron chi connectivity index (χ1n) is 12.9. The zero-order valence-corrected chi connectivity index (χ0v) is 22.6. The molecule has 40 heavy (non-hydrogen) atoms. The zero-order valence-electron chi connectivity index (χ0n) is 22.6. The van der Waals surface area contributed by atoms with E-state index in [9.17, 15) is 9.59 Å². The summed E-state index contributed by atoms with van der Waals surface area (Å²) in [6.07, 6.45) is 10.9. The predicted molar refractivity (Wildman–Crippen MR) is 153 cm³/mol. The van der Waals surface area contributed by atoms with Gasteiger partial charge in [-0.1, -0.05) is 54.6 Å². The molecule has 8 nitrogen and oxygen atoms in total. The molecule has 5 rings (SSSR count). The Morgan fingerprint density at radius 2 is 1.73 bits per heavy atom. The number of rotatable bonds is 8. The summed E-state index contributed by atoms with van der Waals surface area (Å²) in [5.74, 6) is -1.81. The number of ether oxygens (including phenoxy) is 2. The van der Waals surface area contributed by atoms with Crippen LogP contribution in [-0.2, 0) is 25.6 Å². The van der Waals surface area contributed by atoms with Crippen LogP contribution in [0.4, 0.5) is 0 Å². The molecule has 1 atom stereocenters. The predicted octanol–water partition coefficient (Wildman–Crippen LogP) is 5.14. The molecular weight excluding hydrogens is 504 g/mol. The third-order valence-electron chi connectivity index (χ3n) is 6.89. The summed E-state index contributed by atoms with van der Waals surface area (Å²) < 4.78 is 12.8. The van der Waals surface area contributed by atoms with Crippen LogP contribution in [0.15, 0.2) is 108 Å². The van der Waals surface area contributed by atoms with Gasteiger partial charge in [-0.2, -0.15) is 0 Å². The van der Waals surface area contributed by atoms with Crippen LogP contribution >= 0.6 is 0 Å². The maximum absolute atomic E-state index is 13.5. The molecule has 0 radical (unpaired) electrons. The van der Waals surface area contributed by atoms with Crippen LogP contribution in [0, 0.1) is 0 Å². The van der Waals surface area contributed by atoms with Gasteiger partial charge in [-0.05, 0) is 42.5 Å². The number of hydrogen-bond acceptors (Lipinski definition) is 7. The molecule has 0 aliphatic carbocycles. The molecule has 202 valence electrons. The van der Waals surface area contributed by atoms with Gasteiger partial charge in [0.2, 0.25) is 0 Å². The Labute approximate surface area is 232 Å². The maximum Gasteiger partial charge on any atom is 0.337 e. The number of imidazole rings is 1. The lowest BCUT2D eigenvalue weighted by molar-refractivity contribution is -0.138. The highest BCUT2D eigenvalue weighted by Crippen LogP contribution is 2.40. The fraction of sp³-hybridized carbons (Fsp3) is 0.188. The summed E-state index contributed by atoms with van der Waals surface area (Å²) in [5, 5.41) is 4.97. The summed E-state index contributed by atoms with van der Waals surface area (Å²) in [5.41, 5.74) is 4.61. The summed E-state index contributed by atoms with van der Waals surface area (Å²) in [6, 6.07) is 17.8. The second kappa shape index (κ2) is 11.8. The van der Waals surface area contributed by atoms with Crippen molar-refractivity contribution in [2.45, 2.75) is 26.3 Å². The normalized spacial score (nSPS) is 15.4. The molecule has 4 aromatic rings. The number of carbonyl (C=O) groups is 2. The number of methoxy groups -OCH3 is 1. The minimum Gasteiger partial charge on any atom is -0.466 e. The van der Waals surface area contributed by atoms with Gasteiger partial charge in [0.25, 0.3) is 0 Å². The molecule has 0 saturated heterocycles.